The summed E-state index contributed by atoms with van der Waals surface area (Å²) in [6.07, 6.45) is 3.76. The maximum atomic E-state index is 12.4. The number of rotatable bonds is 8. The van der Waals surface area contributed by atoms with Crippen molar-refractivity contribution in [3.05, 3.63) is 40.6 Å². The van der Waals surface area contributed by atoms with Gasteiger partial charge in [0, 0.05) is 24.6 Å². The lowest BCUT2D eigenvalue weighted by molar-refractivity contribution is -0.132. The van der Waals surface area contributed by atoms with E-state index in [1.807, 2.05) is 0 Å². The number of halogens is 2. The van der Waals surface area contributed by atoms with Crippen molar-refractivity contribution in [2.24, 2.45) is 11.5 Å². The topological polar surface area (TPSA) is 139 Å². The fourth-order valence-corrected chi connectivity index (χ4v) is 2.40. The Morgan fingerprint density at radius 1 is 1.28 bits per heavy atom. The van der Waals surface area contributed by atoms with Crippen molar-refractivity contribution in [3.8, 4) is 0 Å². The van der Waals surface area contributed by atoms with Crippen LogP contribution in [0.5, 0.6) is 0 Å². The zero-order valence-corrected chi connectivity index (χ0v) is 14.7. The van der Waals surface area contributed by atoms with E-state index in [1.165, 1.54) is 12.1 Å². The lowest BCUT2D eigenvalue weighted by Crippen LogP contribution is -2.60. The number of amides is 2. The lowest BCUT2D eigenvalue weighted by atomic mass is 9.92. The number of aromatic amines is 1. The van der Waals surface area contributed by atoms with Crippen LogP contribution in [0.15, 0.2) is 30.6 Å². The molecule has 0 saturated carbocycles. The lowest BCUT2D eigenvalue weighted by Gasteiger charge is -2.25. The molecule has 1 aromatic carbocycles. The van der Waals surface area contributed by atoms with Crippen molar-refractivity contribution in [2.75, 3.05) is 17.2 Å². The maximum absolute atomic E-state index is 12.4. The number of hydrogen-bond donors (Lipinski definition) is 5. The molecule has 2 aromatic rings. The number of aromatic nitrogens is 2. The molecule has 1 atom stereocenters. The molecule has 2 amide bonds. The number of imidazole rings is 1. The summed E-state index contributed by atoms with van der Waals surface area (Å²) in [6, 6.07) is 4.53. The number of benzene rings is 1. The van der Waals surface area contributed by atoms with Gasteiger partial charge in [0.1, 0.15) is 0 Å². The van der Waals surface area contributed by atoms with Crippen LogP contribution in [0.3, 0.4) is 0 Å². The van der Waals surface area contributed by atoms with Gasteiger partial charge in [-0.25, -0.2) is 4.98 Å². The highest BCUT2D eigenvalue weighted by Crippen LogP contribution is 2.25. The van der Waals surface area contributed by atoms with Crippen LogP contribution in [0, 0.1) is 0 Å². The van der Waals surface area contributed by atoms with Gasteiger partial charge < -0.3 is 27.1 Å². The molecule has 0 aliphatic carbocycles. The second-order valence-electron chi connectivity index (χ2n) is 5.39. The molecule has 0 saturated heterocycles. The van der Waals surface area contributed by atoms with E-state index in [0.717, 1.165) is 0 Å². The molecule has 134 valence electrons. The summed E-state index contributed by atoms with van der Waals surface area (Å²) in [4.78, 5) is 31.1. The minimum Gasteiger partial charge on any atom is -0.368 e. The number of H-pyrrole nitrogens is 1. The molecular formula is C15H18Cl2N6O2. The SMILES string of the molecule is NC(=O)[C@@](N)(CCCNc1ncc[nH]1)C(=O)Nc1ccc(Cl)c(Cl)c1. The van der Waals surface area contributed by atoms with Crippen molar-refractivity contribution < 1.29 is 9.59 Å². The number of carbonyl (C=O) groups excluding carboxylic acids is 2. The second kappa shape index (κ2) is 8.19. The highest BCUT2D eigenvalue weighted by atomic mass is 35.5. The van der Waals surface area contributed by atoms with Gasteiger partial charge in [-0.3, -0.25) is 9.59 Å². The Morgan fingerprint density at radius 3 is 2.64 bits per heavy atom. The van der Waals surface area contributed by atoms with E-state index < -0.39 is 17.4 Å². The molecule has 25 heavy (non-hydrogen) atoms. The van der Waals surface area contributed by atoms with Gasteiger partial charge in [-0.1, -0.05) is 23.2 Å². The Morgan fingerprint density at radius 2 is 2.04 bits per heavy atom. The van der Waals surface area contributed by atoms with Crippen LogP contribution in [-0.4, -0.2) is 33.9 Å². The van der Waals surface area contributed by atoms with Crippen LogP contribution in [0.25, 0.3) is 0 Å². The number of primary amides is 1. The maximum Gasteiger partial charge on any atom is 0.254 e. The molecule has 0 aliphatic rings. The third-order valence-corrected chi connectivity index (χ3v) is 4.30. The standard InChI is InChI=1S/C15H18Cl2N6O2/c16-10-3-2-9(8-11(10)17)23-13(25)15(19,12(18)24)4-1-5-20-14-21-6-7-22-14/h2-3,6-8H,1,4-5,19H2,(H2,18,24)(H,23,25)(H2,20,21,22)/t15-/m0/s1. The van der Waals surface area contributed by atoms with E-state index in [-0.39, 0.29) is 11.4 Å². The van der Waals surface area contributed by atoms with Crippen molar-refractivity contribution in [1.82, 2.24) is 9.97 Å². The van der Waals surface area contributed by atoms with Gasteiger partial charge in [0.2, 0.25) is 5.91 Å². The van der Waals surface area contributed by atoms with E-state index in [1.54, 1.807) is 18.5 Å². The van der Waals surface area contributed by atoms with Crippen molar-refractivity contribution in [2.45, 2.75) is 18.4 Å². The van der Waals surface area contributed by atoms with Gasteiger partial charge >= 0.3 is 0 Å². The smallest absolute Gasteiger partial charge is 0.254 e. The highest BCUT2D eigenvalue weighted by molar-refractivity contribution is 6.42. The first-order valence-corrected chi connectivity index (χ1v) is 8.17. The van der Waals surface area contributed by atoms with Gasteiger partial charge in [0.15, 0.2) is 11.5 Å². The van der Waals surface area contributed by atoms with Crippen LogP contribution in [0.2, 0.25) is 10.0 Å². The van der Waals surface area contributed by atoms with Crippen LogP contribution < -0.4 is 22.1 Å². The number of hydrogen-bond acceptors (Lipinski definition) is 5. The summed E-state index contributed by atoms with van der Waals surface area (Å²) >= 11 is 11.7. The third kappa shape index (κ3) is 4.85. The molecule has 10 heteroatoms. The summed E-state index contributed by atoms with van der Waals surface area (Å²) in [6.45, 7) is 0.458. The summed E-state index contributed by atoms with van der Waals surface area (Å²) in [5, 5.41) is 6.15. The first kappa shape index (κ1) is 19.0. The Kier molecular flexibility index (Phi) is 6.24. The zero-order chi connectivity index (χ0) is 18.4. The van der Waals surface area contributed by atoms with E-state index in [4.69, 9.17) is 34.7 Å². The molecule has 1 aromatic heterocycles. The fourth-order valence-electron chi connectivity index (χ4n) is 2.10. The molecule has 0 fully saturated rings. The summed E-state index contributed by atoms with van der Waals surface area (Å²) in [7, 11) is 0. The average Bonchev–Trinajstić information content (AvgIpc) is 3.08. The first-order valence-electron chi connectivity index (χ1n) is 7.41. The van der Waals surface area contributed by atoms with E-state index in [2.05, 4.69) is 20.6 Å². The molecular weight excluding hydrogens is 367 g/mol. The summed E-state index contributed by atoms with van der Waals surface area (Å²) in [5.74, 6) is -1.04. The number of anilines is 2. The third-order valence-electron chi connectivity index (χ3n) is 3.56. The molecule has 8 nitrogen and oxygen atoms in total. The Hall–Kier alpha value is -2.29. The van der Waals surface area contributed by atoms with Crippen LogP contribution >= 0.6 is 23.2 Å². The average molecular weight is 385 g/mol. The van der Waals surface area contributed by atoms with Crippen LogP contribution in [0.4, 0.5) is 11.6 Å². The van der Waals surface area contributed by atoms with Crippen LogP contribution in [0.1, 0.15) is 12.8 Å². The van der Waals surface area contributed by atoms with Crippen LogP contribution in [-0.2, 0) is 9.59 Å². The normalized spacial score (nSPS) is 13.1. The summed E-state index contributed by atoms with van der Waals surface area (Å²) < 4.78 is 0. The van der Waals surface area contributed by atoms with Crippen molar-refractivity contribution >= 4 is 46.7 Å². The van der Waals surface area contributed by atoms with Crippen molar-refractivity contribution in [3.63, 3.8) is 0 Å². The number of nitrogens with zero attached hydrogens (tertiary/aromatic N) is 1. The monoisotopic (exact) mass is 384 g/mol. The predicted octanol–water partition coefficient (Wildman–Crippen LogP) is 1.73. The predicted molar refractivity (Wildman–Crippen MR) is 97.5 cm³/mol. The molecule has 1 heterocycles. The van der Waals surface area contributed by atoms with E-state index >= 15 is 0 Å². The van der Waals surface area contributed by atoms with E-state index in [9.17, 15) is 9.59 Å². The molecule has 0 spiro atoms. The number of nitrogens with two attached hydrogens (primary N) is 2. The van der Waals surface area contributed by atoms with Gasteiger partial charge in [-0.2, -0.15) is 0 Å². The first-order chi connectivity index (χ1) is 11.8. The summed E-state index contributed by atoms with van der Waals surface area (Å²) in [5.41, 5.74) is 9.82. The fraction of sp³-hybridized carbons (Fsp3) is 0.267. The Labute approximate surface area is 154 Å². The van der Waals surface area contributed by atoms with Gasteiger partial charge in [-0.05, 0) is 31.0 Å². The molecule has 0 radical (unpaired) electrons. The molecule has 2 rings (SSSR count). The number of carbonyl (C=O) groups is 2. The second-order valence-corrected chi connectivity index (χ2v) is 6.20. The van der Waals surface area contributed by atoms with Gasteiger partial charge in [0.25, 0.3) is 5.91 Å². The molecule has 0 bridgehead atoms. The minimum absolute atomic E-state index is 0.0587. The Balaban J connectivity index is 1.97. The van der Waals surface area contributed by atoms with Crippen molar-refractivity contribution in [1.29, 1.82) is 0 Å². The van der Waals surface area contributed by atoms with Gasteiger partial charge in [0.05, 0.1) is 10.0 Å². The number of nitrogens with one attached hydrogen (secondary N) is 3. The molecule has 0 unspecified atom stereocenters. The minimum atomic E-state index is -1.85. The quantitative estimate of drug-likeness (QED) is 0.348. The molecule has 0 aliphatic heterocycles. The van der Waals surface area contributed by atoms with E-state index in [0.29, 0.717) is 29.6 Å². The molecule has 7 N–H and O–H groups in total. The largest absolute Gasteiger partial charge is 0.368 e. The zero-order valence-electron chi connectivity index (χ0n) is 13.2. The van der Waals surface area contributed by atoms with Gasteiger partial charge in [-0.15, -0.1) is 0 Å². The Bertz CT molecular complexity index is 752. The highest BCUT2D eigenvalue weighted by Gasteiger charge is 2.39.